The molecule has 3 rings (SSSR count). The highest BCUT2D eigenvalue weighted by Gasteiger charge is 2.11. The largest absolute Gasteiger partial charge is 0.507 e. The van der Waals surface area contributed by atoms with Crippen LogP contribution in [0.5, 0.6) is 5.75 Å². The first-order chi connectivity index (χ1) is 10.1. The van der Waals surface area contributed by atoms with Crippen molar-refractivity contribution in [3.63, 3.8) is 0 Å². The van der Waals surface area contributed by atoms with E-state index in [0.29, 0.717) is 18.1 Å². The van der Waals surface area contributed by atoms with Crippen molar-refractivity contribution in [2.24, 2.45) is 0 Å². The Kier molecular flexibility index (Phi) is 3.92. The minimum absolute atomic E-state index is 0.214. The van der Waals surface area contributed by atoms with Crippen LogP contribution in [0, 0.1) is 10.5 Å². The predicted molar refractivity (Wildman–Crippen MR) is 88.1 cm³/mol. The molecule has 0 bridgehead atoms. The molecule has 0 spiro atoms. The van der Waals surface area contributed by atoms with E-state index in [1.165, 1.54) is 5.56 Å². The standard InChI is InChI=1S/C16H13IN2O2/c1-10-3-2-4-11(7-10)8-15-18-16(21-19-15)12-5-6-13(17)14(20)9-12/h2-7,9,20H,8H2,1H3. The molecule has 1 heterocycles. The van der Waals surface area contributed by atoms with Crippen molar-refractivity contribution in [1.29, 1.82) is 0 Å². The number of benzene rings is 2. The van der Waals surface area contributed by atoms with E-state index in [9.17, 15) is 5.11 Å². The molecule has 0 saturated carbocycles. The lowest BCUT2D eigenvalue weighted by atomic mass is 10.1. The maximum Gasteiger partial charge on any atom is 0.258 e. The topological polar surface area (TPSA) is 59.2 Å². The number of rotatable bonds is 3. The third-order valence-corrected chi connectivity index (χ3v) is 4.02. The van der Waals surface area contributed by atoms with Gasteiger partial charge in [-0.2, -0.15) is 4.98 Å². The Morgan fingerprint density at radius 2 is 2.05 bits per heavy atom. The van der Waals surface area contributed by atoms with Crippen molar-refractivity contribution in [1.82, 2.24) is 10.1 Å². The Labute approximate surface area is 136 Å². The van der Waals surface area contributed by atoms with Crippen molar-refractivity contribution in [3.05, 3.63) is 63.0 Å². The van der Waals surface area contributed by atoms with Gasteiger partial charge in [0.15, 0.2) is 5.82 Å². The molecule has 106 valence electrons. The van der Waals surface area contributed by atoms with Crippen LogP contribution in [0.25, 0.3) is 11.5 Å². The Morgan fingerprint density at radius 1 is 1.19 bits per heavy atom. The summed E-state index contributed by atoms with van der Waals surface area (Å²) >= 11 is 2.07. The van der Waals surface area contributed by atoms with Gasteiger partial charge in [-0.05, 0) is 53.3 Å². The number of hydrogen-bond acceptors (Lipinski definition) is 4. The summed E-state index contributed by atoms with van der Waals surface area (Å²) in [4.78, 5) is 4.38. The van der Waals surface area contributed by atoms with Crippen LogP contribution in [0.15, 0.2) is 47.0 Å². The highest BCUT2D eigenvalue weighted by molar-refractivity contribution is 14.1. The van der Waals surface area contributed by atoms with Crippen molar-refractivity contribution >= 4 is 22.6 Å². The first kappa shape index (κ1) is 14.1. The van der Waals surface area contributed by atoms with E-state index < -0.39 is 0 Å². The number of phenolic OH excluding ortho intramolecular Hbond substituents is 1. The minimum atomic E-state index is 0.214. The third kappa shape index (κ3) is 3.24. The van der Waals surface area contributed by atoms with Crippen LogP contribution >= 0.6 is 22.6 Å². The van der Waals surface area contributed by atoms with Gasteiger partial charge in [-0.3, -0.25) is 0 Å². The van der Waals surface area contributed by atoms with Crippen molar-refractivity contribution in [3.8, 4) is 17.2 Å². The zero-order valence-electron chi connectivity index (χ0n) is 11.4. The summed E-state index contributed by atoms with van der Waals surface area (Å²) in [6.07, 6.45) is 0.627. The van der Waals surface area contributed by atoms with Gasteiger partial charge in [0.25, 0.3) is 5.89 Å². The minimum Gasteiger partial charge on any atom is -0.507 e. The molecule has 0 radical (unpaired) electrons. The van der Waals surface area contributed by atoms with Gasteiger partial charge < -0.3 is 9.63 Å². The van der Waals surface area contributed by atoms with Gasteiger partial charge in [0.05, 0.1) is 3.57 Å². The fraction of sp³-hybridized carbons (Fsp3) is 0.125. The lowest BCUT2D eigenvalue weighted by Crippen LogP contribution is -1.91. The van der Waals surface area contributed by atoms with Crippen LogP contribution in [-0.2, 0) is 6.42 Å². The van der Waals surface area contributed by atoms with E-state index in [1.807, 2.05) is 24.3 Å². The van der Waals surface area contributed by atoms with E-state index in [4.69, 9.17) is 4.52 Å². The van der Waals surface area contributed by atoms with Gasteiger partial charge in [0, 0.05) is 12.0 Å². The van der Waals surface area contributed by atoms with Gasteiger partial charge in [0.1, 0.15) is 5.75 Å². The number of aromatic nitrogens is 2. The van der Waals surface area contributed by atoms with E-state index in [-0.39, 0.29) is 5.75 Å². The van der Waals surface area contributed by atoms with E-state index >= 15 is 0 Å². The Balaban J connectivity index is 1.84. The first-order valence-corrected chi connectivity index (χ1v) is 7.57. The monoisotopic (exact) mass is 392 g/mol. The van der Waals surface area contributed by atoms with Gasteiger partial charge in [0.2, 0.25) is 0 Å². The average Bonchev–Trinajstić information content (AvgIpc) is 2.90. The van der Waals surface area contributed by atoms with Crippen molar-refractivity contribution in [2.45, 2.75) is 13.3 Å². The highest BCUT2D eigenvalue weighted by atomic mass is 127. The summed E-state index contributed by atoms with van der Waals surface area (Å²) in [6.45, 7) is 2.06. The SMILES string of the molecule is Cc1cccc(Cc2noc(-c3ccc(I)c(O)c3)n2)c1. The molecule has 0 fully saturated rings. The second kappa shape index (κ2) is 5.85. The molecule has 2 aromatic carbocycles. The number of aryl methyl sites for hydroxylation is 1. The van der Waals surface area contributed by atoms with Gasteiger partial charge >= 0.3 is 0 Å². The molecule has 3 aromatic rings. The number of aromatic hydroxyl groups is 1. The fourth-order valence-corrected chi connectivity index (χ4v) is 2.43. The van der Waals surface area contributed by atoms with E-state index in [2.05, 4.69) is 51.8 Å². The van der Waals surface area contributed by atoms with Crippen molar-refractivity contribution in [2.75, 3.05) is 0 Å². The predicted octanol–water partition coefficient (Wildman–Crippen LogP) is 3.95. The molecule has 1 N–H and O–H groups in total. The summed E-state index contributed by atoms with van der Waals surface area (Å²) in [5, 5.41) is 13.7. The van der Waals surface area contributed by atoms with Crippen molar-refractivity contribution < 1.29 is 9.63 Å². The molecule has 0 atom stereocenters. The molecule has 0 aliphatic heterocycles. The molecule has 5 heteroatoms. The van der Waals surface area contributed by atoms with E-state index in [0.717, 1.165) is 14.7 Å². The Hall–Kier alpha value is -1.89. The van der Waals surface area contributed by atoms with Crippen LogP contribution in [0.1, 0.15) is 17.0 Å². The second-order valence-electron chi connectivity index (χ2n) is 4.85. The normalized spacial score (nSPS) is 10.8. The molecule has 0 amide bonds. The molecule has 4 nitrogen and oxygen atoms in total. The summed E-state index contributed by atoms with van der Waals surface area (Å²) in [5.41, 5.74) is 3.07. The molecule has 1 aromatic heterocycles. The smallest absolute Gasteiger partial charge is 0.258 e. The van der Waals surface area contributed by atoms with Crippen LogP contribution in [0.4, 0.5) is 0 Å². The highest BCUT2D eigenvalue weighted by Crippen LogP contribution is 2.26. The van der Waals surface area contributed by atoms with Gasteiger partial charge in [-0.15, -0.1) is 0 Å². The van der Waals surface area contributed by atoms with Crippen LogP contribution in [-0.4, -0.2) is 15.2 Å². The van der Waals surface area contributed by atoms with Gasteiger partial charge in [-0.25, -0.2) is 0 Å². The summed E-state index contributed by atoms with van der Waals surface area (Å²) in [6, 6.07) is 13.5. The summed E-state index contributed by atoms with van der Waals surface area (Å²) in [5.74, 6) is 1.27. The first-order valence-electron chi connectivity index (χ1n) is 6.49. The molecule has 0 aliphatic carbocycles. The number of phenols is 1. The molecule has 0 unspecified atom stereocenters. The van der Waals surface area contributed by atoms with E-state index in [1.54, 1.807) is 6.07 Å². The lowest BCUT2D eigenvalue weighted by Gasteiger charge is -1.99. The van der Waals surface area contributed by atoms with Crippen LogP contribution in [0.3, 0.4) is 0 Å². The Bertz CT molecular complexity index is 783. The number of halogens is 1. The summed E-state index contributed by atoms with van der Waals surface area (Å²) in [7, 11) is 0. The summed E-state index contributed by atoms with van der Waals surface area (Å²) < 4.78 is 6.06. The molecule has 0 saturated heterocycles. The lowest BCUT2D eigenvalue weighted by molar-refractivity contribution is 0.423. The second-order valence-corrected chi connectivity index (χ2v) is 6.01. The molecular formula is C16H13IN2O2. The zero-order chi connectivity index (χ0) is 14.8. The maximum absolute atomic E-state index is 9.74. The quantitative estimate of drug-likeness (QED) is 0.686. The number of hydrogen-bond donors (Lipinski definition) is 1. The van der Waals surface area contributed by atoms with Crippen LogP contribution in [0.2, 0.25) is 0 Å². The molecular weight excluding hydrogens is 379 g/mol. The average molecular weight is 392 g/mol. The maximum atomic E-state index is 9.74. The Morgan fingerprint density at radius 3 is 2.81 bits per heavy atom. The van der Waals surface area contributed by atoms with Gasteiger partial charge in [-0.1, -0.05) is 35.0 Å². The zero-order valence-corrected chi connectivity index (χ0v) is 13.5. The fourth-order valence-electron chi connectivity index (χ4n) is 2.09. The third-order valence-electron chi connectivity index (χ3n) is 3.11. The van der Waals surface area contributed by atoms with Crippen LogP contribution < -0.4 is 0 Å². The molecule has 0 aliphatic rings. The molecule has 21 heavy (non-hydrogen) atoms. The number of nitrogens with zero attached hydrogens (tertiary/aromatic N) is 2.